The molecule has 1 saturated heterocycles. The lowest BCUT2D eigenvalue weighted by Crippen LogP contribution is -2.51. The summed E-state index contributed by atoms with van der Waals surface area (Å²) in [4.78, 5) is 29.2. The van der Waals surface area contributed by atoms with Gasteiger partial charge in [-0.1, -0.05) is 36.4 Å². The first kappa shape index (κ1) is 19.8. The number of hydrogen-bond acceptors (Lipinski definition) is 4. The van der Waals surface area contributed by atoms with Gasteiger partial charge in [0.1, 0.15) is 5.75 Å². The highest BCUT2D eigenvalue weighted by Crippen LogP contribution is 2.30. The van der Waals surface area contributed by atoms with Gasteiger partial charge in [0.25, 0.3) is 0 Å². The van der Waals surface area contributed by atoms with Gasteiger partial charge in [0, 0.05) is 48.3 Å². The highest BCUT2D eigenvalue weighted by Gasteiger charge is 2.27. The monoisotopic (exact) mass is 403 g/mol. The van der Waals surface area contributed by atoms with Crippen molar-refractivity contribution >= 4 is 34.0 Å². The highest BCUT2D eigenvalue weighted by atomic mass is 16.3. The maximum atomic E-state index is 12.7. The van der Waals surface area contributed by atoms with Crippen molar-refractivity contribution in [2.45, 2.75) is 13.8 Å². The molecule has 3 aromatic rings. The third kappa shape index (κ3) is 3.68. The summed E-state index contributed by atoms with van der Waals surface area (Å²) in [5.41, 5.74) is 4.18. The average molecular weight is 403 g/mol. The van der Waals surface area contributed by atoms with Gasteiger partial charge in [-0.05, 0) is 43.2 Å². The first-order valence-corrected chi connectivity index (χ1v) is 10.1. The molecule has 4 rings (SSSR count). The zero-order valence-corrected chi connectivity index (χ0v) is 17.2. The number of amides is 2. The van der Waals surface area contributed by atoms with Crippen LogP contribution in [0.5, 0.6) is 5.75 Å². The Hall–Kier alpha value is -3.54. The molecule has 1 aliphatic rings. The molecule has 30 heavy (non-hydrogen) atoms. The quantitative estimate of drug-likeness (QED) is 0.643. The summed E-state index contributed by atoms with van der Waals surface area (Å²) in [6.07, 6.45) is 0. The number of carbonyl (C=O) groups excluding carboxylic acids is 2. The van der Waals surface area contributed by atoms with E-state index in [9.17, 15) is 14.7 Å². The second-order valence-corrected chi connectivity index (χ2v) is 7.63. The van der Waals surface area contributed by atoms with Gasteiger partial charge < -0.3 is 20.2 Å². The molecule has 0 bridgehead atoms. The Morgan fingerprint density at radius 2 is 1.53 bits per heavy atom. The largest absolute Gasteiger partial charge is 0.507 e. The van der Waals surface area contributed by atoms with Crippen LogP contribution >= 0.6 is 0 Å². The summed E-state index contributed by atoms with van der Waals surface area (Å²) >= 11 is 0. The van der Waals surface area contributed by atoms with Gasteiger partial charge in [-0.2, -0.15) is 0 Å². The van der Waals surface area contributed by atoms with Crippen LogP contribution in [0.1, 0.15) is 11.1 Å². The fraction of sp³-hybridized carbons (Fsp3) is 0.250. The Bertz CT molecular complexity index is 1120. The summed E-state index contributed by atoms with van der Waals surface area (Å²) in [5.74, 6) is -1.06. The van der Waals surface area contributed by atoms with Crippen LogP contribution in [-0.4, -0.2) is 48.0 Å². The van der Waals surface area contributed by atoms with Crippen LogP contribution in [0.4, 0.5) is 11.4 Å². The van der Waals surface area contributed by atoms with Crippen molar-refractivity contribution in [1.29, 1.82) is 0 Å². The Labute approximate surface area is 175 Å². The van der Waals surface area contributed by atoms with Crippen LogP contribution in [0.2, 0.25) is 0 Å². The van der Waals surface area contributed by atoms with Crippen molar-refractivity contribution in [2.24, 2.45) is 0 Å². The molecule has 2 amide bonds. The van der Waals surface area contributed by atoms with E-state index in [1.165, 1.54) is 16.8 Å². The second kappa shape index (κ2) is 8.06. The van der Waals surface area contributed by atoms with Crippen LogP contribution in [-0.2, 0) is 9.59 Å². The lowest BCUT2D eigenvalue weighted by Gasteiger charge is -2.36. The molecule has 154 valence electrons. The maximum absolute atomic E-state index is 12.7. The van der Waals surface area contributed by atoms with E-state index in [4.69, 9.17) is 0 Å². The summed E-state index contributed by atoms with van der Waals surface area (Å²) in [6, 6.07) is 16.6. The molecule has 0 atom stereocenters. The Kier molecular flexibility index (Phi) is 5.31. The fourth-order valence-electron chi connectivity index (χ4n) is 3.95. The van der Waals surface area contributed by atoms with Crippen LogP contribution in [0, 0.1) is 13.8 Å². The first-order valence-electron chi connectivity index (χ1n) is 10.1. The molecule has 0 spiro atoms. The normalized spacial score (nSPS) is 14.1. The summed E-state index contributed by atoms with van der Waals surface area (Å²) in [7, 11) is 0. The van der Waals surface area contributed by atoms with Crippen molar-refractivity contribution in [3.05, 3.63) is 65.7 Å². The van der Waals surface area contributed by atoms with E-state index >= 15 is 0 Å². The summed E-state index contributed by atoms with van der Waals surface area (Å²) < 4.78 is 0. The number of aryl methyl sites for hydroxylation is 1. The molecule has 2 N–H and O–H groups in total. The number of piperazine rings is 1. The molecular weight excluding hydrogens is 378 g/mol. The van der Waals surface area contributed by atoms with Crippen LogP contribution in [0.3, 0.4) is 0 Å². The van der Waals surface area contributed by atoms with E-state index in [0.717, 1.165) is 0 Å². The van der Waals surface area contributed by atoms with Gasteiger partial charge in [-0.15, -0.1) is 0 Å². The van der Waals surface area contributed by atoms with Crippen molar-refractivity contribution < 1.29 is 14.7 Å². The number of anilines is 2. The second-order valence-electron chi connectivity index (χ2n) is 7.63. The summed E-state index contributed by atoms with van der Waals surface area (Å²) in [5, 5.41) is 14.0. The number of hydrogen-bond donors (Lipinski definition) is 2. The predicted molar refractivity (Wildman–Crippen MR) is 119 cm³/mol. The number of carbonyl (C=O) groups is 2. The van der Waals surface area contributed by atoms with E-state index in [2.05, 4.69) is 36.2 Å². The molecule has 6 nitrogen and oxygen atoms in total. The molecule has 3 aromatic carbocycles. The van der Waals surface area contributed by atoms with Gasteiger partial charge in [-0.25, -0.2) is 0 Å². The standard InChI is InChI=1S/C24H25N3O3/c1-16-6-3-10-21(17(16)2)26-12-14-27(15-13-26)24(30)23(29)25-20-9-4-8-19-18(20)7-5-11-22(19)28/h3-11,28H,12-15H2,1-2H3,(H,25,29). The molecule has 0 radical (unpaired) electrons. The Morgan fingerprint density at radius 1 is 0.867 bits per heavy atom. The van der Waals surface area contributed by atoms with E-state index in [0.29, 0.717) is 42.6 Å². The molecular formula is C24H25N3O3. The highest BCUT2D eigenvalue weighted by molar-refractivity contribution is 6.40. The van der Waals surface area contributed by atoms with Crippen LogP contribution < -0.4 is 10.2 Å². The number of nitrogens with zero attached hydrogens (tertiary/aromatic N) is 2. The zero-order valence-electron chi connectivity index (χ0n) is 17.2. The average Bonchev–Trinajstić information content (AvgIpc) is 2.76. The SMILES string of the molecule is Cc1cccc(N2CCN(C(=O)C(=O)Nc3cccc4c(O)cccc34)CC2)c1C. The van der Waals surface area contributed by atoms with E-state index in [-0.39, 0.29) is 5.75 Å². The van der Waals surface area contributed by atoms with Gasteiger partial charge in [0.15, 0.2) is 0 Å². The smallest absolute Gasteiger partial charge is 0.313 e. The van der Waals surface area contributed by atoms with Gasteiger partial charge in [-0.3, -0.25) is 9.59 Å². The third-order valence-electron chi connectivity index (χ3n) is 5.83. The molecule has 1 aliphatic heterocycles. The molecule has 1 fully saturated rings. The molecule has 6 heteroatoms. The number of phenols is 1. The van der Waals surface area contributed by atoms with Crippen molar-refractivity contribution in [3.8, 4) is 5.75 Å². The number of nitrogens with one attached hydrogen (secondary N) is 1. The van der Waals surface area contributed by atoms with Crippen LogP contribution in [0.25, 0.3) is 10.8 Å². The maximum Gasteiger partial charge on any atom is 0.313 e. The number of fused-ring (bicyclic) bond motifs is 1. The molecule has 0 unspecified atom stereocenters. The molecule has 1 heterocycles. The fourth-order valence-corrected chi connectivity index (χ4v) is 3.95. The number of aromatic hydroxyl groups is 1. The van der Waals surface area contributed by atoms with E-state index < -0.39 is 11.8 Å². The lowest BCUT2D eigenvalue weighted by atomic mass is 10.1. The Morgan fingerprint density at radius 3 is 2.30 bits per heavy atom. The topological polar surface area (TPSA) is 72.9 Å². The van der Waals surface area contributed by atoms with Gasteiger partial charge in [0.05, 0.1) is 0 Å². The summed E-state index contributed by atoms with van der Waals surface area (Å²) in [6.45, 7) is 6.57. The molecule has 0 aliphatic carbocycles. The van der Waals surface area contributed by atoms with Gasteiger partial charge in [0.2, 0.25) is 0 Å². The van der Waals surface area contributed by atoms with Crippen molar-refractivity contribution in [1.82, 2.24) is 4.90 Å². The van der Waals surface area contributed by atoms with Gasteiger partial charge >= 0.3 is 11.8 Å². The predicted octanol–water partition coefficient (Wildman–Crippen LogP) is 3.45. The van der Waals surface area contributed by atoms with Crippen molar-refractivity contribution in [3.63, 3.8) is 0 Å². The molecule has 0 aromatic heterocycles. The number of benzene rings is 3. The molecule has 0 saturated carbocycles. The first-order chi connectivity index (χ1) is 14.5. The van der Waals surface area contributed by atoms with E-state index in [1.54, 1.807) is 41.3 Å². The minimum Gasteiger partial charge on any atom is -0.507 e. The van der Waals surface area contributed by atoms with Crippen molar-refractivity contribution in [2.75, 3.05) is 36.4 Å². The third-order valence-corrected chi connectivity index (χ3v) is 5.83. The lowest BCUT2D eigenvalue weighted by molar-refractivity contribution is -0.143. The Balaban J connectivity index is 1.43. The number of phenolic OH excluding ortho intramolecular Hbond substituents is 1. The number of rotatable bonds is 2. The van der Waals surface area contributed by atoms with Crippen LogP contribution in [0.15, 0.2) is 54.6 Å². The van der Waals surface area contributed by atoms with E-state index in [1.807, 2.05) is 6.07 Å². The minimum absolute atomic E-state index is 0.137. The minimum atomic E-state index is -0.661. The zero-order chi connectivity index (χ0) is 21.3.